The minimum atomic E-state index is -5.11. The molecule has 284 valence electrons. The molecule has 0 saturated heterocycles. The maximum atomic E-state index is 13.9. The summed E-state index contributed by atoms with van der Waals surface area (Å²) in [7, 11) is 0. The summed E-state index contributed by atoms with van der Waals surface area (Å²) in [6, 6.07) is 3.63. The van der Waals surface area contributed by atoms with Crippen LogP contribution in [-0.4, -0.2) is 46.8 Å². The second kappa shape index (κ2) is 15.1. The number of esters is 1. The van der Waals surface area contributed by atoms with Crippen LogP contribution in [0.15, 0.2) is 42.5 Å². The van der Waals surface area contributed by atoms with E-state index in [1.165, 1.54) is 11.0 Å². The van der Waals surface area contributed by atoms with Crippen LogP contribution in [0.25, 0.3) is 0 Å². The molecule has 2 aromatic carbocycles. The molecule has 0 aliphatic carbocycles. The van der Waals surface area contributed by atoms with E-state index < -0.39 is 83.5 Å². The zero-order valence-electron chi connectivity index (χ0n) is 28.6. The van der Waals surface area contributed by atoms with Gasteiger partial charge in [0.2, 0.25) is 0 Å². The van der Waals surface area contributed by atoms with Gasteiger partial charge in [-0.2, -0.15) is 39.5 Å². The highest BCUT2D eigenvalue weighted by Gasteiger charge is 2.40. The number of carbonyl (C=O) groups is 2. The summed E-state index contributed by atoms with van der Waals surface area (Å²) >= 11 is 0. The third-order valence-corrected chi connectivity index (χ3v) is 7.74. The number of halogens is 9. The van der Waals surface area contributed by atoms with E-state index in [2.05, 4.69) is 20.6 Å². The van der Waals surface area contributed by atoms with Crippen LogP contribution in [0, 0.1) is 0 Å². The average molecular weight is 750 g/mol. The maximum Gasteiger partial charge on any atom is 0.416 e. The van der Waals surface area contributed by atoms with E-state index in [1.54, 1.807) is 34.6 Å². The van der Waals surface area contributed by atoms with E-state index in [-0.39, 0.29) is 47.8 Å². The van der Waals surface area contributed by atoms with E-state index in [0.29, 0.717) is 18.6 Å². The first kappa shape index (κ1) is 40.0. The first-order valence-electron chi connectivity index (χ1n) is 16.0. The molecular formula is C34H36F9N5O4. The summed E-state index contributed by atoms with van der Waals surface area (Å²) in [6.07, 6.45) is -16.0. The number of amides is 1. The number of rotatable bonds is 9. The molecule has 0 radical (unpaired) electrons. The monoisotopic (exact) mass is 749 g/mol. The largest absolute Gasteiger partial charge is 0.459 e. The van der Waals surface area contributed by atoms with Gasteiger partial charge in [-0.25, -0.2) is 14.8 Å². The summed E-state index contributed by atoms with van der Waals surface area (Å²) in [4.78, 5) is 35.2. The Hall–Kier alpha value is -4.77. The molecule has 2 atom stereocenters. The number of benzene rings is 2. The van der Waals surface area contributed by atoms with Crippen molar-refractivity contribution in [1.29, 1.82) is 0 Å². The van der Waals surface area contributed by atoms with Gasteiger partial charge in [-0.05, 0) is 88.1 Å². The molecule has 3 aromatic rings. The highest BCUT2D eigenvalue weighted by atomic mass is 19.4. The minimum absolute atomic E-state index is 0.00252. The molecule has 9 nitrogen and oxygen atoms in total. The van der Waals surface area contributed by atoms with Crippen LogP contribution in [0.3, 0.4) is 0 Å². The van der Waals surface area contributed by atoms with Gasteiger partial charge in [-0.1, -0.05) is 6.92 Å². The van der Waals surface area contributed by atoms with Crippen molar-refractivity contribution in [3.05, 3.63) is 76.1 Å². The van der Waals surface area contributed by atoms with Gasteiger partial charge in [0.15, 0.2) is 0 Å². The number of alkyl halides is 9. The lowest BCUT2D eigenvalue weighted by molar-refractivity contribution is -0.152. The van der Waals surface area contributed by atoms with Crippen LogP contribution in [0.2, 0.25) is 0 Å². The van der Waals surface area contributed by atoms with Crippen molar-refractivity contribution < 1.29 is 58.6 Å². The minimum Gasteiger partial charge on any atom is -0.459 e. The van der Waals surface area contributed by atoms with Crippen LogP contribution in [-0.2, 0) is 39.2 Å². The molecule has 18 heteroatoms. The van der Waals surface area contributed by atoms with E-state index in [0.717, 1.165) is 18.2 Å². The van der Waals surface area contributed by atoms with Gasteiger partial charge < -0.3 is 20.1 Å². The predicted molar refractivity (Wildman–Crippen MR) is 172 cm³/mol. The molecule has 1 aliphatic rings. The number of nitrogens with zero attached hydrogens (tertiary/aromatic N) is 3. The third-order valence-electron chi connectivity index (χ3n) is 7.74. The van der Waals surface area contributed by atoms with Gasteiger partial charge in [0, 0.05) is 18.5 Å². The quantitative estimate of drug-likeness (QED) is 0.165. The molecule has 2 heterocycles. The number of anilines is 3. The van der Waals surface area contributed by atoms with Gasteiger partial charge in [-0.15, -0.1) is 0 Å². The Morgan fingerprint density at radius 1 is 0.827 bits per heavy atom. The van der Waals surface area contributed by atoms with Gasteiger partial charge in [0.05, 0.1) is 35.0 Å². The molecule has 52 heavy (non-hydrogen) atoms. The maximum absolute atomic E-state index is 13.9. The predicted octanol–water partition coefficient (Wildman–Crippen LogP) is 9.18. The van der Waals surface area contributed by atoms with Gasteiger partial charge >= 0.3 is 30.6 Å². The SMILES string of the molecule is CCOC(=O)N1c2ccc(C(F)(F)F)cc2[C@@H](Nc2cc(NCC(=O)OC(C)(C)C)nc(Cc3cc(C(F)(F)F)cc(C(F)(F)F)c3)n2)C[C@H]1CC. The summed E-state index contributed by atoms with van der Waals surface area (Å²) in [6.45, 7) is 7.75. The number of carbonyl (C=O) groups excluding carboxylic acids is 2. The van der Waals surface area contributed by atoms with Crippen molar-refractivity contribution in [3.63, 3.8) is 0 Å². The van der Waals surface area contributed by atoms with Crippen molar-refractivity contribution in [2.24, 2.45) is 0 Å². The number of hydrogen-bond donors (Lipinski definition) is 2. The smallest absolute Gasteiger partial charge is 0.416 e. The van der Waals surface area contributed by atoms with Crippen molar-refractivity contribution in [1.82, 2.24) is 9.97 Å². The average Bonchev–Trinajstić information content (AvgIpc) is 3.01. The standard InChI is InChI=1S/C34H36F9N5O4/c1-6-22-15-24(23-14-19(32(35,36)37)8-9-25(23)48(22)30(50)51-7-2)45-28-16-26(44-17-29(49)52-31(3,4)5)46-27(47-28)12-18-10-20(33(38,39)40)13-21(11-18)34(41,42)43/h8-11,13-14,16,22,24H,6-7,12,15,17H2,1-5H3,(H2,44,45,46,47)/t22-,24+/m1/s1. The van der Waals surface area contributed by atoms with Crippen molar-refractivity contribution in [3.8, 4) is 0 Å². The second-order valence-corrected chi connectivity index (χ2v) is 12.9. The van der Waals surface area contributed by atoms with Crippen molar-refractivity contribution in [2.45, 2.75) is 90.1 Å². The Morgan fingerprint density at radius 2 is 1.42 bits per heavy atom. The zero-order valence-corrected chi connectivity index (χ0v) is 28.6. The number of aromatic nitrogens is 2. The Bertz CT molecular complexity index is 1740. The van der Waals surface area contributed by atoms with E-state index in [4.69, 9.17) is 9.47 Å². The first-order valence-corrected chi connectivity index (χ1v) is 16.0. The lowest BCUT2D eigenvalue weighted by Crippen LogP contribution is -2.46. The third kappa shape index (κ3) is 10.2. The van der Waals surface area contributed by atoms with Gasteiger partial charge in [0.1, 0.15) is 29.6 Å². The summed E-state index contributed by atoms with van der Waals surface area (Å²) in [5.41, 5.74) is -5.24. The fourth-order valence-corrected chi connectivity index (χ4v) is 5.62. The molecule has 0 fully saturated rings. The zero-order chi connectivity index (χ0) is 38.8. The molecular weight excluding hydrogens is 713 g/mol. The topological polar surface area (TPSA) is 106 Å². The van der Waals surface area contributed by atoms with Crippen LogP contribution in [0.4, 0.5) is 61.6 Å². The second-order valence-electron chi connectivity index (χ2n) is 12.9. The van der Waals surface area contributed by atoms with Gasteiger partial charge in [0.25, 0.3) is 0 Å². The number of fused-ring (bicyclic) bond motifs is 1. The van der Waals surface area contributed by atoms with E-state index >= 15 is 0 Å². The fourth-order valence-electron chi connectivity index (χ4n) is 5.62. The lowest BCUT2D eigenvalue weighted by atomic mass is 9.88. The molecule has 0 bridgehead atoms. The molecule has 1 aromatic heterocycles. The molecule has 2 N–H and O–H groups in total. The highest BCUT2D eigenvalue weighted by molar-refractivity contribution is 5.90. The number of hydrogen-bond acceptors (Lipinski definition) is 8. The molecule has 0 spiro atoms. The molecule has 0 unspecified atom stereocenters. The van der Waals surface area contributed by atoms with Crippen LogP contribution in [0.1, 0.15) is 87.1 Å². The first-order chi connectivity index (χ1) is 24.0. The van der Waals surface area contributed by atoms with Crippen LogP contribution < -0.4 is 15.5 Å². The Morgan fingerprint density at radius 3 is 1.96 bits per heavy atom. The molecule has 1 aliphatic heterocycles. The van der Waals surface area contributed by atoms with E-state index in [1.807, 2.05) is 0 Å². The van der Waals surface area contributed by atoms with Crippen LogP contribution >= 0.6 is 0 Å². The lowest BCUT2D eigenvalue weighted by Gasteiger charge is -2.40. The fraction of sp³-hybridized carbons (Fsp3) is 0.471. The highest BCUT2D eigenvalue weighted by Crippen LogP contribution is 2.43. The van der Waals surface area contributed by atoms with Crippen molar-refractivity contribution in [2.75, 3.05) is 28.7 Å². The Labute approximate surface area is 292 Å². The summed E-state index contributed by atoms with van der Waals surface area (Å²) in [5, 5.41) is 5.72. The number of nitrogens with one attached hydrogen (secondary N) is 2. The molecule has 0 saturated carbocycles. The van der Waals surface area contributed by atoms with Crippen molar-refractivity contribution >= 4 is 29.4 Å². The molecule has 1 amide bonds. The molecule has 4 rings (SSSR count). The number of ether oxygens (including phenoxy) is 2. The van der Waals surface area contributed by atoms with Gasteiger partial charge in [-0.3, -0.25) is 9.69 Å². The summed E-state index contributed by atoms with van der Waals surface area (Å²) < 4.78 is 134. The van der Waals surface area contributed by atoms with Crippen LogP contribution in [0.5, 0.6) is 0 Å². The normalized spacial score (nSPS) is 16.6. The van der Waals surface area contributed by atoms with E-state index in [9.17, 15) is 49.1 Å². The summed E-state index contributed by atoms with van der Waals surface area (Å²) in [5.74, 6) is -1.20. The Kier molecular flexibility index (Phi) is 11.6. The Balaban J connectivity index is 1.81.